The summed E-state index contributed by atoms with van der Waals surface area (Å²) in [5.41, 5.74) is -3.79. The molecular weight excluding hydrogens is 891 g/mol. The predicted octanol–water partition coefficient (Wildman–Crippen LogP) is 14.0. The largest absolute Gasteiger partial charge is 0.216 e. The summed E-state index contributed by atoms with van der Waals surface area (Å²) in [6, 6.07) is 1.41. The molecule has 0 spiro atoms. The highest BCUT2D eigenvalue weighted by molar-refractivity contribution is 7.73. The Morgan fingerprint density at radius 1 is 0.312 bits per heavy atom. The maximum absolute atomic E-state index is 14.4. The summed E-state index contributed by atoms with van der Waals surface area (Å²) in [6.07, 6.45) is 21.4. The number of nitrogens with zero attached hydrogens (tertiary/aromatic N) is 1. The normalized spacial score (nSPS) is 12.0. The van der Waals surface area contributed by atoms with E-state index in [2.05, 4.69) is 41.5 Å². The van der Waals surface area contributed by atoms with E-state index in [0.29, 0.717) is 0 Å². The molecule has 1 nitrogen and oxygen atoms in total. The first kappa shape index (κ1) is 55.0. The summed E-state index contributed by atoms with van der Waals surface area (Å²) in [6.45, 7) is 14.3. The minimum atomic E-state index is -4.01. The summed E-state index contributed by atoms with van der Waals surface area (Å²) in [4.78, 5) is 0. The van der Waals surface area contributed by atoms with Gasteiger partial charge in [-0.05, 0) is 38.5 Å². The Morgan fingerprint density at radius 2 is 0.469 bits per heavy atom. The molecular formula is C48H62BF12NP2. The molecule has 0 saturated carbocycles. The second-order valence-corrected chi connectivity index (χ2v) is 24.6. The highest BCUT2D eigenvalue weighted by atomic mass is 31.2. The van der Waals surface area contributed by atoms with Crippen LogP contribution in [-0.2, 0) is 0 Å². The lowest BCUT2D eigenvalue weighted by atomic mass is 9.13. The maximum Gasteiger partial charge on any atom is 0.216 e. The van der Waals surface area contributed by atoms with Crippen molar-refractivity contribution in [2.45, 2.75) is 119 Å². The topological polar surface area (TPSA) is 14.1 Å². The third kappa shape index (κ3) is 13.4. The summed E-state index contributed by atoms with van der Waals surface area (Å²) in [5.74, 6) is -24.0. The van der Waals surface area contributed by atoms with E-state index in [-0.39, 0.29) is 48.5 Å². The lowest BCUT2D eigenvalue weighted by molar-refractivity contribution is 0.447. The van der Waals surface area contributed by atoms with Crippen molar-refractivity contribution in [3.8, 4) is 0 Å². The van der Waals surface area contributed by atoms with Crippen LogP contribution in [0.5, 0.6) is 0 Å². The molecule has 0 heterocycles. The molecule has 356 valence electrons. The molecule has 0 atom stereocenters. The lowest BCUT2D eigenvalue weighted by Crippen LogP contribution is -2.75. The second kappa shape index (κ2) is 25.5. The van der Waals surface area contributed by atoms with Gasteiger partial charge < -0.3 is 0 Å². The Morgan fingerprint density at radius 3 is 0.609 bits per heavy atom. The van der Waals surface area contributed by atoms with Gasteiger partial charge in [0.2, 0.25) is 14.1 Å². The Bertz CT molecular complexity index is 1870. The fourth-order valence-electron chi connectivity index (χ4n) is 8.51. The van der Waals surface area contributed by atoms with Gasteiger partial charge in [-0.3, -0.25) is 0 Å². The van der Waals surface area contributed by atoms with Gasteiger partial charge >= 0.3 is 0 Å². The molecule has 4 aromatic carbocycles. The van der Waals surface area contributed by atoms with Crippen LogP contribution < -0.4 is 26.0 Å². The van der Waals surface area contributed by atoms with Crippen molar-refractivity contribution in [3.05, 3.63) is 118 Å². The Labute approximate surface area is 371 Å². The van der Waals surface area contributed by atoms with Crippen LogP contribution in [0.15, 0.2) is 48.5 Å². The average molecular weight is 954 g/mol. The smallest absolute Gasteiger partial charge is 0.204 e. The molecule has 16 heteroatoms. The van der Waals surface area contributed by atoms with E-state index in [1.807, 2.05) is 0 Å². The molecule has 4 aromatic rings. The summed E-state index contributed by atoms with van der Waals surface area (Å²) < 4.78 is 176. The quantitative estimate of drug-likeness (QED) is 0.0245. The van der Waals surface area contributed by atoms with Crippen molar-refractivity contribution in [1.29, 1.82) is 0 Å². The van der Waals surface area contributed by atoms with Crippen LogP contribution in [0.25, 0.3) is 0 Å². The number of unbranched alkanes of at least 4 members (excludes halogenated alkanes) is 6. The van der Waals surface area contributed by atoms with Crippen LogP contribution in [0.3, 0.4) is 0 Å². The van der Waals surface area contributed by atoms with Crippen molar-refractivity contribution in [1.82, 2.24) is 4.17 Å². The maximum atomic E-state index is 14.4. The minimum absolute atomic E-state index is 0.177. The van der Waals surface area contributed by atoms with Gasteiger partial charge in [-0.15, -0.1) is 0 Å². The lowest BCUT2D eigenvalue weighted by Gasteiger charge is -2.44. The molecule has 4 rings (SSSR count). The Balaban J connectivity index is 0.000000360. The van der Waals surface area contributed by atoms with Gasteiger partial charge in [-0.1, -0.05) is 129 Å². The van der Waals surface area contributed by atoms with E-state index < -0.39 is 112 Å². The molecule has 64 heavy (non-hydrogen) atoms. The summed E-state index contributed by atoms with van der Waals surface area (Å²) in [5, 5.41) is 0. The standard InChI is InChI=1S/C24H8BF12.C24H54NP2/c26-13-1-9(2-14(27)21(13)34)25(10-3-15(28)22(35)16(29)4-10,11-5-17(30)23(36)18(31)6-11)12-7-19(32)24(37)20(33)8-12;1-7-13-19-26(20-14-8-2,21-15-9-3)25-27(22-16-10-4,23-17-11-5)24-18-12-6/h1-8H;7-24H2,1-6H3/q-1;+1. The summed E-state index contributed by atoms with van der Waals surface area (Å²) in [7, 11) is -2.23. The zero-order valence-corrected chi connectivity index (χ0v) is 39.6. The Kier molecular flexibility index (Phi) is 22.0. The molecule has 0 N–H and O–H groups in total. The van der Waals surface area contributed by atoms with Gasteiger partial charge in [0.1, 0.15) is 6.15 Å². The first-order chi connectivity index (χ1) is 30.4. The van der Waals surface area contributed by atoms with Crippen molar-refractivity contribution in [3.63, 3.8) is 0 Å². The van der Waals surface area contributed by atoms with Crippen molar-refractivity contribution < 1.29 is 52.7 Å². The van der Waals surface area contributed by atoms with Crippen molar-refractivity contribution in [2.24, 2.45) is 0 Å². The third-order valence-corrected chi connectivity index (χ3v) is 21.9. The minimum Gasteiger partial charge on any atom is -0.204 e. The Hall–Kier alpha value is -3.33. The van der Waals surface area contributed by atoms with Crippen LogP contribution in [0.1, 0.15) is 119 Å². The summed E-state index contributed by atoms with van der Waals surface area (Å²) >= 11 is 0. The average Bonchev–Trinajstić information content (AvgIpc) is 3.26. The highest BCUT2D eigenvalue weighted by Gasteiger charge is 2.38. The number of benzene rings is 4. The van der Waals surface area contributed by atoms with E-state index in [1.165, 1.54) is 114 Å². The number of hydrogen-bond donors (Lipinski definition) is 0. The molecule has 0 aliphatic rings. The van der Waals surface area contributed by atoms with Crippen LogP contribution in [0.2, 0.25) is 0 Å². The first-order valence-corrected chi connectivity index (χ1v) is 27.2. The van der Waals surface area contributed by atoms with Crippen molar-refractivity contribution in [2.75, 3.05) is 37.0 Å². The number of rotatable bonds is 22. The van der Waals surface area contributed by atoms with Crippen LogP contribution in [0.4, 0.5) is 52.7 Å². The van der Waals surface area contributed by atoms with E-state index in [9.17, 15) is 52.7 Å². The molecule has 0 amide bonds. The molecule has 0 fully saturated rings. The van der Waals surface area contributed by atoms with Crippen LogP contribution in [0, 0.1) is 69.8 Å². The second-order valence-electron chi connectivity index (χ2n) is 16.8. The molecule has 0 saturated heterocycles. The molecule has 0 bridgehead atoms. The molecule has 0 aromatic heterocycles. The van der Waals surface area contributed by atoms with E-state index >= 15 is 0 Å². The molecule has 0 aliphatic heterocycles. The monoisotopic (exact) mass is 953 g/mol. The number of halogens is 12. The molecule has 0 unspecified atom stereocenters. The van der Waals surface area contributed by atoms with Gasteiger partial charge in [0, 0.05) is 37.0 Å². The van der Waals surface area contributed by atoms with E-state index in [1.54, 1.807) is 0 Å². The third-order valence-electron chi connectivity index (χ3n) is 12.0. The van der Waals surface area contributed by atoms with Crippen molar-refractivity contribution >= 4 is 42.1 Å². The van der Waals surface area contributed by atoms with Gasteiger partial charge in [-0.25, -0.2) is 52.7 Å². The molecule has 0 radical (unpaired) electrons. The fraction of sp³-hybridized carbons (Fsp3) is 0.500. The first-order valence-electron chi connectivity index (χ1n) is 22.6. The zero-order valence-electron chi connectivity index (χ0n) is 37.8. The van der Waals surface area contributed by atoms with Gasteiger partial charge in [0.25, 0.3) is 0 Å². The highest BCUT2D eigenvalue weighted by Crippen LogP contribution is 2.56. The number of hydrogen-bond acceptors (Lipinski definition) is 0. The van der Waals surface area contributed by atoms with Crippen LogP contribution >= 0.6 is 14.1 Å². The van der Waals surface area contributed by atoms with Gasteiger partial charge in [0.05, 0.1) is 0 Å². The van der Waals surface area contributed by atoms with E-state index in [4.69, 9.17) is 4.17 Å². The zero-order chi connectivity index (χ0) is 47.8. The van der Waals surface area contributed by atoms with Gasteiger partial charge in [0.15, 0.2) is 69.8 Å². The fourth-order valence-corrected chi connectivity index (χ4v) is 20.6. The molecule has 0 aliphatic carbocycles. The predicted molar refractivity (Wildman–Crippen MR) is 244 cm³/mol. The van der Waals surface area contributed by atoms with Gasteiger partial charge in [-0.2, -0.15) is 26.0 Å². The van der Waals surface area contributed by atoms with Crippen LogP contribution in [-0.4, -0.2) is 43.1 Å². The van der Waals surface area contributed by atoms with E-state index in [0.717, 1.165) is 0 Å². The SMILES string of the molecule is CCCCP(CCCC)(CCCC)=[N+]=P(CCCC)(CCCC)CCCC.Fc1cc([B-](c2cc(F)c(F)c(F)c2)(c2cc(F)c(F)c(F)c2)c2cc(F)c(F)c(F)c2)cc(F)c1F.